The molecule has 1 saturated heterocycles. The highest BCUT2D eigenvalue weighted by Crippen LogP contribution is 2.01. The molecular weight excluding hydrogens is 262 g/mol. The van der Waals surface area contributed by atoms with Crippen LogP contribution in [0.25, 0.3) is 0 Å². The van der Waals surface area contributed by atoms with Gasteiger partial charge in [-0.1, -0.05) is 0 Å². The summed E-state index contributed by atoms with van der Waals surface area (Å²) in [5.74, 6) is 0.604. The van der Waals surface area contributed by atoms with Gasteiger partial charge in [-0.25, -0.2) is 0 Å². The zero-order valence-electron chi connectivity index (χ0n) is 11.2. The van der Waals surface area contributed by atoms with Crippen LogP contribution in [0.3, 0.4) is 0 Å². The lowest BCUT2D eigenvalue weighted by atomic mass is 10.2. The van der Waals surface area contributed by atoms with Crippen LogP contribution >= 0.6 is 0 Å². The second-order valence-electron chi connectivity index (χ2n) is 4.51. The van der Waals surface area contributed by atoms with E-state index in [1.54, 1.807) is 6.26 Å². The third kappa shape index (κ3) is 4.67. The van der Waals surface area contributed by atoms with Crippen LogP contribution in [0.4, 0.5) is 0 Å². The van der Waals surface area contributed by atoms with Gasteiger partial charge in [-0.3, -0.25) is 14.9 Å². The Morgan fingerprint density at radius 3 is 3.15 bits per heavy atom. The average Bonchev–Trinajstić information content (AvgIpc) is 2.96. The van der Waals surface area contributed by atoms with Crippen molar-refractivity contribution in [2.75, 3.05) is 26.2 Å². The van der Waals surface area contributed by atoms with Gasteiger partial charge in [0.25, 0.3) is 0 Å². The van der Waals surface area contributed by atoms with Crippen LogP contribution in [0, 0.1) is 0 Å². The molecule has 0 saturated carbocycles. The fourth-order valence-corrected chi connectivity index (χ4v) is 1.83. The molecule has 7 heteroatoms. The molecule has 0 radical (unpaired) electrons. The van der Waals surface area contributed by atoms with E-state index in [-0.39, 0.29) is 24.4 Å². The fraction of sp³-hybridized carbons (Fsp3) is 0.538. The Bertz CT molecular complexity index is 423. The van der Waals surface area contributed by atoms with Crippen LogP contribution in [-0.2, 0) is 20.9 Å². The molecule has 1 atom stereocenters. The molecule has 1 unspecified atom stereocenters. The molecule has 7 nitrogen and oxygen atoms in total. The van der Waals surface area contributed by atoms with Gasteiger partial charge in [0, 0.05) is 19.7 Å². The van der Waals surface area contributed by atoms with Crippen molar-refractivity contribution in [3.05, 3.63) is 24.2 Å². The maximum atomic E-state index is 11.7. The number of rotatable bonds is 7. The van der Waals surface area contributed by atoms with Crippen molar-refractivity contribution >= 4 is 11.8 Å². The van der Waals surface area contributed by atoms with Gasteiger partial charge in [0.1, 0.15) is 18.4 Å². The number of hydrogen-bond acceptors (Lipinski definition) is 5. The van der Waals surface area contributed by atoms with Gasteiger partial charge in [0.2, 0.25) is 11.8 Å². The largest absolute Gasteiger partial charge is 0.467 e. The van der Waals surface area contributed by atoms with Crippen molar-refractivity contribution < 1.29 is 18.7 Å². The van der Waals surface area contributed by atoms with Gasteiger partial charge in [-0.15, -0.1) is 0 Å². The molecule has 0 spiro atoms. The lowest BCUT2D eigenvalue weighted by Crippen LogP contribution is -2.58. The minimum Gasteiger partial charge on any atom is -0.467 e. The molecule has 20 heavy (non-hydrogen) atoms. The molecule has 0 bridgehead atoms. The number of hydrogen-bond donors (Lipinski definition) is 3. The third-order valence-corrected chi connectivity index (χ3v) is 2.92. The molecule has 0 aliphatic carbocycles. The Labute approximate surface area is 117 Å². The van der Waals surface area contributed by atoms with Crippen molar-refractivity contribution in [3.63, 3.8) is 0 Å². The van der Waals surface area contributed by atoms with E-state index in [0.717, 1.165) is 12.2 Å². The summed E-state index contributed by atoms with van der Waals surface area (Å²) in [6.07, 6.45) is 2.33. The van der Waals surface area contributed by atoms with Crippen molar-refractivity contribution in [1.82, 2.24) is 16.0 Å². The minimum absolute atomic E-state index is 0.0830. The van der Waals surface area contributed by atoms with Gasteiger partial charge >= 0.3 is 0 Å². The van der Waals surface area contributed by atoms with Crippen LogP contribution < -0.4 is 16.0 Å². The number of furan rings is 1. The van der Waals surface area contributed by atoms with E-state index >= 15 is 0 Å². The predicted molar refractivity (Wildman–Crippen MR) is 70.8 cm³/mol. The summed E-state index contributed by atoms with van der Waals surface area (Å²) in [4.78, 5) is 22.7. The summed E-state index contributed by atoms with van der Waals surface area (Å²) >= 11 is 0. The van der Waals surface area contributed by atoms with E-state index in [0.29, 0.717) is 26.3 Å². The normalized spacial score (nSPS) is 18.6. The lowest BCUT2D eigenvalue weighted by molar-refractivity contribution is -0.126. The van der Waals surface area contributed by atoms with E-state index in [9.17, 15) is 9.59 Å². The molecule has 2 heterocycles. The topological polar surface area (TPSA) is 92.6 Å². The first kappa shape index (κ1) is 14.5. The van der Waals surface area contributed by atoms with E-state index in [2.05, 4.69) is 16.0 Å². The molecule has 1 aromatic heterocycles. The molecule has 0 aromatic carbocycles. The summed E-state index contributed by atoms with van der Waals surface area (Å²) in [6.45, 7) is 2.06. The lowest BCUT2D eigenvalue weighted by Gasteiger charge is -2.23. The highest BCUT2D eigenvalue weighted by atomic mass is 16.5. The summed E-state index contributed by atoms with van der Waals surface area (Å²) in [5.41, 5.74) is 0. The highest BCUT2D eigenvalue weighted by Gasteiger charge is 2.22. The molecule has 3 N–H and O–H groups in total. The Morgan fingerprint density at radius 2 is 2.45 bits per heavy atom. The second-order valence-corrected chi connectivity index (χ2v) is 4.51. The van der Waals surface area contributed by atoms with E-state index in [1.807, 2.05) is 12.1 Å². The predicted octanol–water partition coefficient (Wildman–Crippen LogP) is -0.609. The van der Waals surface area contributed by atoms with E-state index in [1.165, 1.54) is 0 Å². The molecule has 2 amide bonds. The minimum atomic E-state index is -0.350. The summed E-state index contributed by atoms with van der Waals surface area (Å²) in [7, 11) is 0. The Kier molecular flexibility index (Phi) is 5.57. The SMILES string of the molecule is O=C1CNC(C(=O)NCCCOCc2ccco2)CN1. The molecule has 1 aliphatic heterocycles. The number of piperazine rings is 1. The zero-order valence-corrected chi connectivity index (χ0v) is 11.2. The number of carbonyl (C=O) groups excluding carboxylic acids is 2. The van der Waals surface area contributed by atoms with Crippen LogP contribution in [0.2, 0.25) is 0 Å². The summed E-state index contributed by atoms with van der Waals surface area (Å²) in [5, 5.41) is 8.32. The Balaban J connectivity index is 1.50. The quantitative estimate of drug-likeness (QED) is 0.580. The van der Waals surface area contributed by atoms with Crippen LogP contribution in [0.1, 0.15) is 12.2 Å². The number of ether oxygens (including phenoxy) is 1. The molecule has 1 fully saturated rings. The third-order valence-electron chi connectivity index (χ3n) is 2.92. The van der Waals surface area contributed by atoms with Gasteiger partial charge < -0.3 is 19.8 Å². The maximum Gasteiger partial charge on any atom is 0.238 e. The van der Waals surface area contributed by atoms with Crippen LogP contribution in [-0.4, -0.2) is 44.1 Å². The van der Waals surface area contributed by atoms with Gasteiger partial charge in [-0.2, -0.15) is 0 Å². The smallest absolute Gasteiger partial charge is 0.238 e. The molecule has 1 aromatic rings. The second kappa shape index (κ2) is 7.66. The first-order chi connectivity index (χ1) is 9.75. The maximum absolute atomic E-state index is 11.7. The van der Waals surface area contributed by atoms with Gasteiger partial charge in [-0.05, 0) is 18.6 Å². The molecule has 2 rings (SSSR count). The van der Waals surface area contributed by atoms with Gasteiger partial charge in [0.05, 0.1) is 12.8 Å². The number of nitrogens with one attached hydrogen (secondary N) is 3. The van der Waals surface area contributed by atoms with Crippen molar-refractivity contribution in [1.29, 1.82) is 0 Å². The Hall–Kier alpha value is -1.86. The number of amides is 2. The summed E-state index contributed by atoms with van der Waals surface area (Å²) < 4.78 is 10.5. The zero-order chi connectivity index (χ0) is 14.2. The summed E-state index contributed by atoms with van der Waals surface area (Å²) in [6, 6.07) is 3.32. The first-order valence-electron chi connectivity index (χ1n) is 6.63. The van der Waals surface area contributed by atoms with E-state index in [4.69, 9.17) is 9.15 Å². The van der Waals surface area contributed by atoms with Crippen LogP contribution in [0.15, 0.2) is 22.8 Å². The molecular formula is C13H19N3O4. The van der Waals surface area contributed by atoms with Crippen molar-refractivity contribution in [3.8, 4) is 0 Å². The fourth-order valence-electron chi connectivity index (χ4n) is 1.83. The number of carbonyl (C=O) groups is 2. The van der Waals surface area contributed by atoms with Crippen molar-refractivity contribution in [2.45, 2.75) is 19.1 Å². The van der Waals surface area contributed by atoms with Crippen LogP contribution in [0.5, 0.6) is 0 Å². The standard InChI is InChI=1S/C13H19N3O4/c17-12-8-15-11(7-16-12)13(18)14-4-2-5-19-9-10-3-1-6-20-10/h1,3,6,11,15H,2,4-5,7-9H2,(H,14,18)(H,16,17). The monoisotopic (exact) mass is 281 g/mol. The van der Waals surface area contributed by atoms with E-state index < -0.39 is 0 Å². The first-order valence-corrected chi connectivity index (χ1v) is 6.63. The van der Waals surface area contributed by atoms with Gasteiger partial charge in [0.15, 0.2) is 0 Å². The van der Waals surface area contributed by atoms with Crippen molar-refractivity contribution in [2.24, 2.45) is 0 Å². The molecule has 1 aliphatic rings. The average molecular weight is 281 g/mol. The Morgan fingerprint density at radius 1 is 1.55 bits per heavy atom. The highest BCUT2D eigenvalue weighted by molar-refractivity contribution is 5.86. The molecule has 110 valence electrons.